The Kier molecular flexibility index (Phi) is 4.80. The lowest BCUT2D eigenvalue weighted by atomic mass is 10.1. The second-order valence-corrected chi connectivity index (χ2v) is 6.81. The molecule has 4 heteroatoms. The SMILES string of the molecule is O=C(O)c1ccc(CN2CCCC(c3ccccc3)S2)cc1. The zero-order chi connectivity index (χ0) is 15.4. The number of nitrogens with zero attached hydrogens (tertiary/aromatic N) is 1. The normalized spacial score (nSPS) is 19.0. The predicted molar refractivity (Wildman–Crippen MR) is 89.8 cm³/mol. The van der Waals surface area contributed by atoms with Crippen molar-refractivity contribution in [3.8, 4) is 0 Å². The van der Waals surface area contributed by atoms with Crippen LogP contribution in [-0.2, 0) is 6.54 Å². The summed E-state index contributed by atoms with van der Waals surface area (Å²) in [5.74, 6) is -0.872. The highest BCUT2D eigenvalue weighted by Gasteiger charge is 2.22. The van der Waals surface area contributed by atoms with Crippen molar-refractivity contribution in [3.63, 3.8) is 0 Å². The van der Waals surface area contributed by atoms with E-state index in [1.54, 1.807) is 12.1 Å². The van der Waals surface area contributed by atoms with E-state index in [1.807, 2.05) is 24.1 Å². The van der Waals surface area contributed by atoms with Gasteiger partial charge in [0.15, 0.2) is 0 Å². The third-order valence-electron chi connectivity index (χ3n) is 3.88. The summed E-state index contributed by atoms with van der Waals surface area (Å²) >= 11 is 1.91. The van der Waals surface area contributed by atoms with Gasteiger partial charge in [0.2, 0.25) is 0 Å². The molecule has 1 aliphatic heterocycles. The summed E-state index contributed by atoms with van der Waals surface area (Å²) in [5.41, 5.74) is 2.89. The van der Waals surface area contributed by atoms with E-state index in [2.05, 4.69) is 34.6 Å². The average molecular weight is 313 g/mol. The van der Waals surface area contributed by atoms with Crippen molar-refractivity contribution in [3.05, 3.63) is 71.3 Å². The van der Waals surface area contributed by atoms with Crippen LogP contribution in [0.1, 0.15) is 39.6 Å². The fourth-order valence-electron chi connectivity index (χ4n) is 2.71. The molecule has 114 valence electrons. The standard InChI is InChI=1S/C18H19NO2S/c20-18(21)16-10-8-14(9-11-16)13-19-12-4-7-17(22-19)15-5-2-1-3-6-15/h1-3,5-6,8-11,17H,4,7,12-13H2,(H,20,21). The monoisotopic (exact) mass is 313 g/mol. The number of carboxylic acids is 1. The van der Waals surface area contributed by atoms with Crippen LogP contribution in [0.4, 0.5) is 0 Å². The molecular formula is C18H19NO2S. The van der Waals surface area contributed by atoms with Crippen molar-refractivity contribution in [2.24, 2.45) is 0 Å². The van der Waals surface area contributed by atoms with Crippen LogP contribution >= 0.6 is 11.9 Å². The highest BCUT2D eigenvalue weighted by Crippen LogP contribution is 2.40. The lowest BCUT2D eigenvalue weighted by Gasteiger charge is -2.31. The molecular weight excluding hydrogens is 294 g/mol. The third-order valence-corrected chi connectivity index (χ3v) is 5.25. The summed E-state index contributed by atoms with van der Waals surface area (Å²) in [6, 6.07) is 17.8. The second kappa shape index (κ2) is 6.99. The van der Waals surface area contributed by atoms with Gasteiger partial charge in [-0.15, -0.1) is 0 Å². The number of hydrogen-bond acceptors (Lipinski definition) is 3. The summed E-state index contributed by atoms with van der Waals surface area (Å²) < 4.78 is 2.39. The Labute approximate surface area is 135 Å². The smallest absolute Gasteiger partial charge is 0.335 e. The van der Waals surface area contributed by atoms with Gasteiger partial charge in [-0.1, -0.05) is 54.4 Å². The molecule has 1 heterocycles. The van der Waals surface area contributed by atoms with Gasteiger partial charge in [-0.05, 0) is 36.1 Å². The Morgan fingerprint density at radius 2 is 1.86 bits per heavy atom. The first kappa shape index (κ1) is 15.1. The molecule has 0 aliphatic carbocycles. The number of rotatable bonds is 4. The molecule has 1 atom stereocenters. The number of carboxylic acid groups (broad SMARTS) is 1. The van der Waals surface area contributed by atoms with Crippen molar-refractivity contribution < 1.29 is 9.90 Å². The predicted octanol–water partition coefficient (Wildman–Crippen LogP) is 4.37. The Morgan fingerprint density at radius 1 is 1.14 bits per heavy atom. The van der Waals surface area contributed by atoms with E-state index in [9.17, 15) is 4.79 Å². The van der Waals surface area contributed by atoms with E-state index >= 15 is 0 Å². The molecule has 2 aromatic rings. The molecule has 3 nitrogen and oxygen atoms in total. The fourth-order valence-corrected chi connectivity index (χ4v) is 4.08. The lowest BCUT2D eigenvalue weighted by Crippen LogP contribution is -2.23. The molecule has 0 spiro atoms. The van der Waals surface area contributed by atoms with Gasteiger partial charge in [-0.25, -0.2) is 9.10 Å². The summed E-state index contributed by atoms with van der Waals surface area (Å²) in [6.45, 7) is 1.93. The maximum Gasteiger partial charge on any atom is 0.335 e. The van der Waals surface area contributed by atoms with Gasteiger partial charge >= 0.3 is 5.97 Å². The molecule has 22 heavy (non-hydrogen) atoms. The third kappa shape index (κ3) is 3.70. The van der Waals surface area contributed by atoms with Gasteiger partial charge < -0.3 is 5.11 Å². The maximum absolute atomic E-state index is 10.9. The van der Waals surface area contributed by atoms with E-state index in [1.165, 1.54) is 18.4 Å². The van der Waals surface area contributed by atoms with Crippen LogP contribution in [-0.4, -0.2) is 21.9 Å². The zero-order valence-corrected chi connectivity index (χ0v) is 13.1. The fraction of sp³-hybridized carbons (Fsp3) is 0.278. The Balaban J connectivity index is 1.64. The highest BCUT2D eigenvalue weighted by atomic mass is 32.2. The molecule has 0 aromatic heterocycles. The highest BCUT2D eigenvalue weighted by molar-refractivity contribution is 7.97. The molecule has 1 N–H and O–H groups in total. The molecule has 0 bridgehead atoms. The summed E-state index contributed by atoms with van der Waals surface area (Å²) in [7, 11) is 0. The topological polar surface area (TPSA) is 40.5 Å². The first-order chi connectivity index (χ1) is 10.7. The lowest BCUT2D eigenvalue weighted by molar-refractivity contribution is 0.0697. The van der Waals surface area contributed by atoms with Gasteiger partial charge in [-0.3, -0.25) is 0 Å². The van der Waals surface area contributed by atoms with Crippen LogP contribution in [0.5, 0.6) is 0 Å². The molecule has 1 saturated heterocycles. The van der Waals surface area contributed by atoms with Crippen LogP contribution in [0, 0.1) is 0 Å². The number of hydrogen-bond donors (Lipinski definition) is 1. The van der Waals surface area contributed by atoms with E-state index < -0.39 is 5.97 Å². The summed E-state index contributed by atoms with van der Waals surface area (Å²) in [5, 5.41) is 9.46. The van der Waals surface area contributed by atoms with Gasteiger partial charge in [0.05, 0.1) is 5.56 Å². The quantitative estimate of drug-likeness (QED) is 0.851. The number of aromatic carboxylic acids is 1. The van der Waals surface area contributed by atoms with Crippen molar-refractivity contribution in [1.29, 1.82) is 0 Å². The number of carbonyl (C=O) groups is 1. The van der Waals surface area contributed by atoms with Crippen molar-refractivity contribution in [2.75, 3.05) is 6.54 Å². The minimum absolute atomic E-state index is 0.345. The molecule has 1 unspecified atom stereocenters. The Hall–Kier alpha value is -1.78. The Bertz CT molecular complexity index is 627. The van der Waals surface area contributed by atoms with Crippen LogP contribution < -0.4 is 0 Å². The van der Waals surface area contributed by atoms with Crippen molar-refractivity contribution in [2.45, 2.75) is 24.6 Å². The summed E-state index contributed by atoms with van der Waals surface area (Å²) in [4.78, 5) is 10.9. The van der Waals surface area contributed by atoms with E-state index in [0.29, 0.717) is 10.8 Å². The molecule has 0 saturated carbocycles. The number of benzene rings is 2. The van der Waals surface area contributed by atoms with Crippen molar-refractivity contribution >= 4 is 17.9 Å². The van der Waals surface area contributed by atoms with E-state index in [-0.39, 0.29) is 0 Å². The first-order valence-corrected chi connectivity index (χ1v) is 8.35. The largest absolute Gasteiger partial charge is 0.478 e. The minimum atomic E-state index is -0.872. The van der Waals surface area contributed by atoms with Crippen LogP contribution in [0.25, 0.3) is 0 Å². The van der Waals surface area contributed by atoms with Gasteiger partial charge in [0.25, 0.3) is 0 Å². The van der Waals surface area contributed by atoms with Crippen LogP contribution in [0.3, 0.4) is 0 Å². The Morgan fingerprint density at radius 3 is 2.55 bits per heavy atom. The van der Waals surface area contributed by atoms with Crippen LogP contribution in [0.15, 0.2) is 54.6 Å². The minimum Gasteiger partial charge on any atom is -0.478 e. The molecule has 1 fully saturated rings. The van der Waals surface area contributed by atoms with Crippen molar-refractivity contribution in [1.82, 2.24) is 4.31 Å². The van der Waals surface area contributed by atoms with Gasteiger partial charge in [0, 0.05) is 18.3 Å². The second-order valence-electron chi connectivity index (χ2n) is 5.51. The van der Waals surface area contributed by atoms with Crippen LogP contribution in [0.2, 0.25) is 0 Å². The molecule has 0 radical (unpaired) electrons. The first-order valence-electron chi connectivity index (χ1n) is 7.51. The van der Waals surface area contributed by atoms with Gasteiger partial charge in [0.1, 0.15) is 0 Å². The van der Waals surface area contributed by atoms with E-state index in [4.69, 9.17) is 5.11 Å². The molecule has 2 aromatic carbocycles. The maximum atomic E-state index is 10.9. The molecule has 0 amide bonds. The van der Waals surface area contributed by atoms with E-state index in [0.717, 1.165) is 18.7 Å². The van der Waals surface area contributed by atoms with Gasteiger partial charge in [-0.2, -0.15) is 0 Å². The zero-order valence-electron chi connectivity index (χ0n) is 12.3. The molecule has 3 rings (SSSR count). The summed E-state index contributed by atoms with van der Waals surface area (Å²) in [6.07, 6.45) is 2.41. The average Bonchev–Trinajstić information content (AvgIpc) is 2.56. The molecule has 1 aliphatic rings.